The fourth-order valence-electron chi connectivity index (χ4n) is 2.65. The van der Waals surface area contributed by atoms with Crippen molar-refractivity contribution in [3.63, 3.8) is 0 Å². The highest BCUT2D eigenvalue weighted by Gasteiger charge is 2.22. The van der Waals surface area contributed by atoms with Crippen LogP contribution in [0, 0.1) is 18.7 Å². The Balaban J connectivity index is 1.90. The average Bonchev–Trinajstić information content (AvgIpc) is 2.85. The van der Waals surface area contributed by atoms with Crippen LogP contribution in [0.3, 0.4) is 0 Å². The van der Waals surface area contributed by atoms with E-state index in [2.05, 4.69) is 24.5 Å². The number of aryl methyl sites for hydroxylation is 1. The van der Waals surface area contributed by atoms with Crippen molar-refractivity contribution >= 4 is 0 Å². The van der Waals surface area contributed by atoms with E-state index in [9.17, 15) is 4.39 Å². The highest BCUT2D eigenvalue weighted by atomic mass is 19.1. The van der Waals surface area contributed by atoms with Crippen molar-refractivity contribution in [2.45, 2.75) is 32.6 Å². The zero-order valence-electron chi connectivity index (χ0n) is 12.2. The van der Waals surface area contributed by atoms with Gasteiger partial charge in [-0.05, 0) is 56.1 Å². The fraction of sp³-hybridized carbons (Fsp3) is 0.625. The Morgan fingerprint density at radius 2 is 2.21 bits per heavy atom. The maximum Gasteiger partial charge on any atom is 0.126 e. The van der Waals surface area contributed by atoms with E-state index < -0.39 is 0 Å². The van der Waals surface area contributed by atoms with Gasteiger partial charge in [0.25, 0.3) is 0 Å². The van der Waals surface area contributed by atoms with Gasteiger partial charge in [-0.25, -0.2) is 4.39 Å². The fourth-order valence-corrected chi connectivity index (χ4v) is 2.65. The summed E-state index contributed by atoms with van der Waals surface area (Å²) in [6.07, 6.45) is 1.27. The lowest BCUT2D eigenvalue weighted by molar-refractivity contribution is 0.430. The second-order valence-corrected chi connectivity index (χ2v) is 6.34. The van der Waals surface area contributed by atoms with E-state index in [-0.39, 0.29) is 11.2 Å². The van der Waals surface area contributed by atoms with Crippen molar-refractivity contribution in [3.8, 4) is 0 Å². The smallest absolute Gasteiger partial charge is 0.126 e. The van der Waals surface area contributed by atoms with Crippen LogP contribution in [-0.4, -0.2) is 26.2 Å². The molecule has 1 aliphatic rings. The van der Waals surface area contributed by atoms with Crippen LogP contribution in [0.4, 0.5) is 4.39 Å². The molecule has 0 radical (unpaired) electrons. The Kier molecular flexibility index (Phi) is 4.58. The lowest BCUT2D eigenvalue weighted by atomic mass is 9.83. The molecule has 0 saturated carbocycles. The molecule has 1 aromatic rings. The second-order valence-electron chi connectivity index (χ2n) is 6.34. The summed E-state index contributed by atoms with van der Waals surface area (Å²) < 4.78 is 13.3. The number of nitrogens with one attached hydrogen (secondary N) is 2. The number of hydrogen-bond acceptors (Lipinski definition) is 2. The molecule has 2 nitrogen and oxygen atoms in total. The summed E-state index contributed by atoms with van der Waals surface area (Å²) >= 11 is 0. The summed E-state index contributed by atoms with van der Waals surface area (Å²) in [5.74, 6) is 0.635. The molecule has 0 spiro atoms. The zero-order chi connectivity index (χ0) is 13.9. The largest absolute Gasteiger partial charge is 0.316 e. The van der Waals surface area contributed by atoms with Crippen LogP contribution < -0.4 is 10.6 Å². The molecular formula is C16H25FN2. The number of hydrogen-bond donors (Lipinski definition) is 2. The third-order valence-electron chi connectivity index (χ3n) is 4.10. The number of benzene rings is 1. The molecule has 1 aliphatic heterocycles. The topological polar surface area (TPSA) is 24.1 Å². The van der Waals surface area contributed by atoms with Gasteiger partial charge in [0.05, 0.1) is 0 Å². The molecule has 2 rings (SSSR count). The first-order valence-electron chi connectivity index (χ1n) is 7.17. The monoisotopic (exact) mass is 264 g/mol. The standard InChI is InChI=1S/C16H25FN2/c1-12-8-14(4-5-15(12)17)16(2,3)11-19-10-13-6-7-18-9-13/h4-5,8,13,18-19H,6-7,9-11H2,1-3H3. The highest BCUT2D eigenvalue weighted by molar-refractivity contribution is 5.29. The Morgan fingerprint density at radius 3 is 2.84 bits per heavy atom. The molecule has 0 aromatic heterocycles. The molecule has 3 heteroatoms. The van der Waals surface area contributed by atoms with Crippen LogP contribution in [0.25, 0.3) is 0 Å². The van der Waals surface area contributed by atoms with Crippen molar-refractivity contribution in [1.82, 2.24) is 10.6 Å². The summed E-state index contributed by atoms with van der Waals surface area (Å²) in [5, 5.41) is 6.95. The van der Waals surface area contributed by atoms with Gasteiger partial charge in [-0.15, -0.1) is 0 Å². The summed E-state index contributed by atoms with van der Waals surface area (Å²) in [5.41, 5.74) is 1.96. The summed E-state index contributed by atoms with van der Waals surface area (Å²) in [6.45, 7) is 10.5. The van der Waals surface area contributed by atoms with Crippen molar-refractivity contribution in [3.05, 3.63) is 35.1 Å². The van der Waals surface area contributed by atoms with Gasteiger partial charge < -0.3 is 10.6 Å². The quantitative estimate of drug-likeness (QED) is 0.854. The minimum atomic E-state index is -0.121. The van der Waals surface area contributed by atoms with Gasteiger partial charge in [-0.1, -0.05) is 26.0 Å². The molecular weight excluding hydrogens is 239 g/mol. The molecule has 1 atom stereocenters. The van der Waals surface area contributed by atoms with Crippen molar-refractivity contribution < 1.29 is 4.39 Å². The summed E-state index contributed by atoms with van der Waals surface area (Å²) in [6, 6.07) is 5.45. The molecule has 1 heterocycles. The maximum atomic E-state index is 13.3. The first-order chi connectivity index (χ1) is 8.99. The molecule has 0 amide bonds. The van der Waals surface area contributed by atoms with Gasteiger partial charge in [-0.3, -0.25) is 0 Å². The first-order valence-corrected chi connectivity index (χ1v) is 7.17. The predicted molar refractivity (Wildman–Crippen MR) is 78.0 cm³/mol. The minimum Gasteiger partial charge on any atom is -0.316 e. The van der Waals surface area contributed by atoms with Gasteiger partial charge >= 0.3 is 0 Å². The second kappa shape index (κ2) is 6.02. The molecule has 1 aromatic carbocycles. The summed E-state index contributed by atoms with van der Waals surface area (Å²) in [7, 11) is 0. The van der Waals surface area contributed by atoms with Crippen molar-refractivity contribution in [2.24, 2.45) is 5.92 Å². The molecule has 0 aliphatic carbocycles. The van der Waals surface area contributed by atoms with E-state index in [1.165, 1.54) is 12.0 Å². The molecule has 2 N–H and O–H groups in total. The van der Waals surface area contributed by atoms with E-state index in [0.29, 0.717) is 0 Å². The van der Waals surface area contributed by atoms with Crippen LogP contribution >= 0.6 is 0 Å². The van der Waals surface area contributed by atoms with E-state index in [0.717, 1.165) is 37.7 Å². The third kappa shape index (κ3) is 3.77. The highest BCUT2D eigenvalue weighted by Crippen LogP contribution is 2.24. The first kappa shape index (κ1) is 14.5. The van der Waals surface area contributed by atoms with Gasteiger partial charge in [0.2, 0.25) is 0 Å². The average molecular weight is 264 g/mol. The summed E-state index contributed by atoms with van der Waals surface area (Å²) in [4.78, 5) is 0. The predicted octanol–water partition coefficient (Wildman–Crippen LogP) is 2.61. The molecule has 1 saturated heterocycles. The lowest BCUT2D eigenvalue weighted by Crippen LogP contribution is -2.36. The van der Waals surface area contributed by atoms with Crippen LogP contribution in [-0.2, 0) is 5.41 Å². The van der Waals surface area contributed by atoms with E-state index in [1.807, 2.05) is 19.1 Å². The maximum absolute atomic E-state index is 13.3. The Bertz CT molecular complexity index is 423. The van der Waals surface area contributed by atoms with Gasteiger partial charge in [-0.2, -0.15) is 0 Å². The number of rotatable bonds is 5. The normalized spacial score (nSPS) is 19.9. The Labute approximate surface area is 115 Å². The zero-order valence-corrected chi connectivity index (χ0v) is 12.2. The van der Waals surface area contributed by atoms with E-state index in [4.69, 9.17) is 0 Å². The van der Waals surface area contributed by atoms with Crippen LogP contribution in [0.1, 0.15) is 31.4 Å². The Hall–Kier alpha value is -0.930. The lowest BCUT2D eigenvalue weighted by Gasteiger charge is -2.27. The molecule has 0 bridgehead atoms. The third-order valence-corrected chi connectivity index (χ3v) is 4.10. The number of halogens is 1. The molecule has 1 unspecified atom stereocenters. The minimum absolute atomic E-state index is 0.0322. The van der Waals surface area contributed by atoms with Crippen molar-refractivity contribution in [2.75, 3.05) is 26.2 Å². The van der Waals surface area contributed by atoms with Gasteiger partial charge in [0, 0.05) is 12.0 Å². The SMILES string of the molecule is Cc1cc(C(C)(C)CNCC2CCNC2)ccc1F. The van der Waals surface area contributed by atoms with Gasteiger partial charge in [0.15, 0.2) is 0 Å². The van der Waals surface area contributed by atoms with E-state index >= 15 is 0 Å². The van der Waals surface area contributed by atoms with Crippen molar-refractivity contribution in [1.29, 1.82) is 0 Å². The van der Waals surface area contributed by atoms with Gasteiger partial charge in [0.1, 0.15) is 5.82 Å². The molecule has 19 heavy (non-hydrogen) atoms. The van der Waals surface area contributed by atoms with Crippen LogP contribution in [0.2, 0.25) is 0 Å². The van der Waals surface area contributed by atoms with Crippen LogP contribution in [0.15, 0.2) is 18.2 Å². The van der Waals surface area contributed by atoms with E-state index in [1.54, 1.807) is 6.07 Å². The Morgan fingerprint density at radius 1 is 1.42 bits per heavy atom. The molecule has 106 valence electrons. The molecule has 1 fully saturated rings. The van der Waals surface area contributed by atoms with Crippen LogP contribution in [0.5, 0.6) is 0 Å².